The third-order valence-corrected chi connectivity index (χ3v) is 22.8. The maximum absolute atomic E-state index is 13.9. The van der Waals surface area contributed by atoms with Gasteiger partial charge in [0.15, 0.2) is 0 Å². The van der Waals surface area contributed by atoms with Crippen molar-refractivity contribution in [2.45, 2.75) is 157 Å². The van der Waals surface area contributed by atoms with E-state index < -0.39 is 6.10 Å². The van der Waals surface area contributed by atoms with E-state index in [1.165, 1.54) is 51.4 Å². The number of benzene rings is 2. The van der Waals surface area contributed by atoms with Gasteiger partial charge in [-0.3, -0.25) is 9.59 Å². The number of hydrogen-bond donors (Lipinski definition) is 2. The van der Waals surface area contributed by atoms with Gasteiger partial charge in [0.1, 0.15) is 19.3 Å². The minimum Gasteiger partial charge on any atom is -0.463 e. The van der Waals surface area contributed by atoms with Gasteiger partial charge in [0.25, 0.3) is 0 Å². The summed E-state index contributed by atoms with van der Waals surface area (Å²) in [6.07, 6.45) is 18.0. The van der Waals surface area contributed by atoms with Crippen LogP contribution < -0.4 is 11.5 Å². The number of esters is 2. The van der Waals surface area contributed by atoms with E-state index in [1.807, 2.05) is 13.8 Å². The van der Waals surface area contributed by atoms with Crippen LogP contribution in [0.4, 0.5) is 11.4 Å². The van der Waals surface area contributed by atoms with Crippen molar-refractivity contribution in [2.24, 2.45) is 58.2 Å². The van der Waals surface area contributed by atoms with Crippen LogP contribution in [0.1, 0.15) is 143 Å². The Labute approximate surface area is 472 Å². The molecule has 65 heavy (non-hydrogen) atoms. The summed E-state index contributed by atoms with van der Waals surface area (Å²) in [7, 11) is 0. The highest BCUT2D eigenvalue weighted by Gasteiger charge is 2.59. The number of allylic oxidation sites excluding steroid dienone is 1. The molecule has 0 bridgehead atoms. The smallest absolute Gasteiger partial charge is 0.309 e. The normalized spacial score (nSPS) is 28.1. The largest absolute Gasteiger partial charge is 0.463 e. The molecular formula is C52H72I6N2O5. The van der Waals surface area contributed by atoms with Gasteiger partial charge in [-0.25, -0.2) is 0 Å². The highest BCUT2D eigenvalue weighted by molar-refractivity contribution is 14.1. The second-order valence-corrected chi connectivity index (χ2v) is 27.7. The molecule has 4 N–H and O–H groups in total. The zero-order valence-corrected chi connectivity index (χ0v) is 52.4. The summed E-state index contributed by atoms with van der Waals surface area (Å²) in [4.78, 5) is 27.8. The SMILES string of the molecule is CCC(Cc1c(I)cc(I)c(N)c1I)C(=O)OCC(COC(=O)C(CC)Cc1c(I)cc(I)c(N)c1I)OC1CCC2(C)C(=CCC3C2CCC2(C)C(C(C)CCCC(C)C)CCC32)C1. The Balaban J connectivity index is 1.15. The third-order valence-electron chi connectivity index (χ3n) is 16.6. The minimum atomic E-state index is -0.582. The van der Waals surface area contributed by atoms with Crippen molar-refractivity contribution in [3.8, 4) is 0 Å². The third kappa shape index (κ3) is 12.6. The molecule has 0 spiro atoms. The van der Waals surface area contributed by atoms with Crippen molar-refractivity contribution in [2.75, 3.05) is 24.7 Å². The fourth-order valence-electron chi connectivity index (χ4n) is 12.7. The van der Waals surface area contributed by atoms with E-state index in [2.05, 4.69) is 188 Å². The standard InChI is InChI=1S/C52H72I6N2O5/c1-8-30(21-36-41(53)24-43(55)47(59)45(36)57)49(61)63-26-34(27-64-50(62)31(9-2)22-37-42(54)25-44(56)48(60)46(37)58)65-33-17-19-51(6)32(23-33)13-14-35-39-16-15-38(29(5)12-10-11-28(3)4)52(39,7)20-18-40(35)51/h13,24-25,28-31,33-35,38-40H,8-12,14-23,26-27,59-60H2,1-7H3. The van der Waals surface area contributed by atoms with Crippen LogP contribution in [0.2, 0.25) is 0 Å². The molecule has 0 heterocycles. The molecule has 0 amide bonds. The van der Waals surface area contributed by atoms with Crippen LogP contribution in [0.25, 0.3) is 0 Å². The molecule has 2 aromatic rings. The van der Waals surface area contributed by atoms with Crippen LogP contribution in [0.5, 0.6) is 0 Å². The lowest BCUT2D eigenvalue weighted by molar-refractivity contribution is -0.165. The van der Waals surface area contributed by atoms with Crippen molar-refractivity contribution in [1.82, 2.24) is 0 Å². The molecule has 3 fully saturated rings. The van der Waals surface area contributed by atoms with E-state index in [4.69, 9.17) is 25.7 Å². The number of hydrogen-bond acceptors (Lipinski definition) is 7. The zero-order chi connectivity index (χ0) is 47.5. The van der Waals surface area contributed by atoms with Crippen LogP contribution in [0.15, 0.2) is 23.8 Å². The van der Waals surface area contributed by atoms with E-state index in [0.29, 0.717) is 31.1 Å². The molecule has 362 valence electrons. The topological polar surface area (TPSA) is 114 Å². The number of fused-ring (bicyclic) bond motifs is 5. The average molecular weight is 1570 g/mol. The number of carbonyl (C=O) groups is 2. The molecule has 0 aliphatic heterocycles. The zero-order valence-electron chi connectivity index (χ0n) is 39.5. The molecule has 13 heteroatoms. The van der Waals surface area contributed by atoms with Gasteiger partial charge in [-0.2, -0.15) is 0 Å². The molecular weight excluding hydrogens is 1490 g/mol. The van der Waals surface area contributed by atoms with Crippen molar-refractivity contribution in [3.05, 3.63) is 56.3 Å². The van der Waals surface area contributed by atoms with E-state index in [1.54, 1.807) is 5.57 Å². The van der Waals surface area contributed by atoms with Crippen LogP contribution in [-0.2, 0) is 36.6 Å². The Hall–Kier alpha value is 1.06. The van der Waals surface area contributed by atoms with Crippen LogP contribution in [-0.4, -0.2) is 37.4 Å². The summed E-state index contributed by atoms with van der Waals surface area (Å²) < 4.78 is 25.5. The Morgan fingerprint density at radius 3 is 1.82 bits per heavy atom. The second kappa shape index (κ2) is 24.2. The van der Waals surface area contributed by atoms with E-state index in [-0.39, 0.29) is 48.5 Å². The monoisotopic (exact) mass is 1570 g/mol. The molecule has 3 saturated carbocycles. The van der Waals surface area contributed by atoms with Gasteiger partial charge in [-0.1, -0.05) is 79.4 Å². The predicted molar refractivity (Wildman–Crippen MR) is 317 cm³/mol. The van der Waals surface area contributed by atoms with E-state index in [9.17, 15) is 9.59 Å². The van der Waals surface area contributed by atoms with Gasteiger partial charge in [-0.05, 0) is 282 Å². The number of rotatable bonds is 19. The van der Waals surface area contributed by atoms with Crippen LogP contribution in [0.3, 0.4) is 0 Å². The first-order valence-corrected chi connectivity index (χ1v) is 30.7. The van der Waals surface area contributed by atoms with Crippen LogP contribution >= 0.6 is 136 Å². The lowest BCUT2D eigenvalue weighted by Crippen LogP contribution is -2.51. The fraction of sp³-hybridized carbons (Fsp3) is 0.692. The number of carbonyl (C=O) groups excluding carboxylic acids is 2. The van der Waals surface area contributed by atoms with Crippen molar-refractivity contribution in [3.63, 3.8) is 0 Å². The molecule has 2 aromatic carbocycles. The molecule has 0 aromatic heterocycles. The first-order valence-electron chi connectivity index (χ1n) is 24.3. The Morgan fingerprint density at radius 2 is 1.29 bits per heavy atom. The number of ether oxygens (including phenoxy) is 3. The summed E-state index contributed by atoms with van der Waals surface area (Å²) in [6.45, 7) is 16.7. The van der Waals surface area contributed by atoms with Gasteiger partial charge >= 0.3 is 11.9 Å². The van der Waals surface area contributed by atoms with Crippen molar-refractivity contribution >= 4 is 159 Å². The quantitative estimate of drug-likeness (QED) is 0.0623. The van der Waals surface area contributed by atoms with Gasteiger partial charge in [0.05, 0.1) is 29.3 Å². The fourth-order valence-corrected chi connectivity index (χ4v) is 20.3. The Kier molecular flexibility index (Phi) is 20.6. The molecule has 0 saturated heterocycles. The lowest BCUT2D eigenvalue weighted by atomic mass is 9.47. The molecule has 0 radical (unpaired) electrons. The van der Waals surface area contributed by atoms with Gasteiger partial charge in [-0.15, -0.1) is 0 Å². The molecule has 10 atom stereocenters. The molecule has 6 rings (SSSR count). The molecule has 4 aliphatic carbocycles. The maximum Gasteiger partial charge on any atom is 0.309 e. The summed E-state index contributed by atoms with van der Waals surface area (Å²) in [6, 6.07) is 4.15. The predicted octanol–water partition coefficient (Wildman–Crippen LogP) is 15.2. The average Bonchev–Trinajstić information content (AvgIpc) is 3.63. The number of anilines is 2. The minimum absolute atomic E-state index is 0.0285. The molecule has 4 aliphatic rings. The second-order valence-electron chi connectivity index (χ2n) is 20.9. The van der Waals surface area contributed by atoms with Crippen LogP contribution in [0, 0.1) is 79.6 Å². The van der Waals surface area contributed by atoms with Gasteiger partial charge in [0.2, 0.25) is 0 Å². The number of halogens is 6. The summed E-state index contributed by atoms with van der Waals surface area (Å²) in [5.41, 5.74) is 18.7. The first-order chi connectivity index (χ1) is 30.7. The van der Waals surface area contributed by atoms with Crippen molar-refractivity contribution in [1.29, 1.82) is 0 Å². The van der Waals surface area contributed by atoms with Crippen molar-refractivity contribution < 1.29 is 23.8 Å². The first kappa shape index (κ1) is 55.4. The van der Waals surface area contributed by atoms with E-state index >= 15 is 0 Å². The number of nitrogen functional groups attached to an aromatic ring is 2. The Morgan fingerprint density at radius 1 is 0.738 bits per heavy atom. The summed E-state index contributed by atoms with van der Waals surface area (Å²) >= 11 is 13.8. The molecule has 10 unspecified atom stereocenters. The lowest BCUT2D eigenvalue weighted by Gasteiger charge is -2.58. The highest BCUT2D eigenvalue weighted by Crippen LogP contribution is 2.67. The Bertz CT molecular complexity index is 1970. The van der Waals surface area contributed by atoms with E-state index in [0.717, 1.165) is 98.7 Å². The van der Waals surface area contributed by atoms with Gasteiger partial charge in [0, 0.05) is 21.4 Å². The highest BCUT2D eigenvalue weighted by atomic mass is 127. The summed E-state index contributed by atoms with van der Waals surface area (Å²) in [5, 5.41) is 0. The maximum atomic E-state index is 13.9. The molecule has 7 nitrogen and oxygen atoms in total. The van der Waals surface area contributed by atoms with Gasteiger partial charge < -0.3 is 25.7 Å². The number of nitrogens with two attached hydrogens (primary N) is 2. The summed E-state index contributed by atoms with van der Waals surface area (Å²) in [5.74, 6) is 3.56.